The number of hydrogen-bond donors (Lipinski definition) is 1. The Labute approximate surface area is 101 Å². The zero-order valence-corrected chi connectivity index (χ0v) is 10.1. The van der Waals surface area contributed by atoms with Crippen LogP contribution in [0.4, 0.5) is 0 Å². The van der Waals surface area contributed by atoms with Crippen molar-refractivity contribution in [1.29, 1.82) is 0 Å². The maximum Gasteiger partial charge on any atom is 0.119 e. The van der Waals surface area contributed by atoms with Gasteiger partial charge in [0.1, 0.15) is 5.75 Å². The Kier molecular flexibility index (Phi) is 3.28. The molecular formula is C14H16N2O. The number of hydrogen-bond acceptors (Lipinski definition) is 2. The van der Waals surface area contributed by atoms with E-state index in [-0.39, 0.29) is 0 Å². The van der Waals surface area contributed by atoms with E-state index >= 15 is 0 Å². The Morgan fingerprint density at radius 3 is 2.82 bits per heavy atom. The fourth-order valence-corrected chi connectivity index (χ4v) is 1.87. The molecule has 0 aliphatic heterocycles. The van der Waals surface area contributed by atoms with E-state index in [1.807, 2.05) is 18.2 Å². The molecule has 2 N–H and O–H groups in total. The summed E-state index contributed by atoms with van der Waals surface area (Å²) in [6.45, 7) is 0. The molecule has 3 heteroatoms. The van der Waals surface area contributed by atoms with Crippen LogP contribution in [0.2, 0.25) is 0 Å². The second-order valence-corrected chi connectivity index (χ2v) is 3.90. The molecule has 0 amide bonds. The van der Waals surface area contributed by atoms with Crippen LogP contribution in [0, 0.1) is 0 Å². The fourth-order valence-electron chi connectivity index (χ4n) is 1.87. The lowest BCUT2D eigenvalue weighted by molar-refractivity contribution is 0.415. The van der Waals surface area contributed by atoms with Crippen molar-refractivity contribution in [2.24, 2.45) is 10.7 Å². The third-order valence-corrected chi connectivity index (χ3v) is 2.84. The molecule has 0 bridgehead atoms. The molecule has 3 nitrogen and oxygen atoms in total. The summed E-state index contributed by atoms with van der Waals surface area (Å²) in [6.07, 6.45) is 0.668. The lowest BCUT2D eigenvalue weighted by Crippen LogP contribution is -2.14. The largest absolute Gasteiger partial charge is 0.497 e. The number of nitrogens with zero attached hydrogens (tertiary/aromatic N) is 1. The van der Waals surface area contributed by atoms with Crippen molar-refractivity contribution < 1.29 is 4.74 Å². The maximum absolute atomic E-state index is 5.79. The molecule has 0 heterocycles. The van der Waals surface area contributed by atoms with Crippen molar-refractivity contribution >= 4 is 16.6 Å². The number of benzene rings is 2. The maximum atomic E-state index is 5.79. The van der Waals surface area contributed by atoms with E-state index in [2.05, 4.69) is 23.2 Å². The van der Waals surface area contributed by atoms with Gasteiger partial charge in [0, 0.05) is 13.5 Å². The summed E-state index contributed by atoms with van der Waals surface area (Å²) >= 11 is 0. The third kappa shape index (κ3) is 2.38. The summed E-state index contributed by atoms with van der Waals surface area (Å²) in [6, 6.07) is 12.2. The van der Waals surface area contributed by atoms with Crippen LogP contribution in [-0.2, 0) is 6.42 Å². The summed E-state index contributed by atoms with van der Waals surface area (Å²) in [5.74, 6) is 1.50. The molecule has 0 radical (unpaired) electrons. The van der Waals surface area contributed by atoms with Crippen molar-refractivity contribution in [2.75, 3.05) is 14.2 Å². The third-order valence-electron chi connectivity index (χ3n) is 2.84. The van der Waals surface area contributed by atoms with E-state index in [9.17, 15) is 0 Å². The van der Waals surface area contributed by atoms with Crippen molar-refractivity contribution in [3.8, 4) is 5.75 Å². The molecule has 0 atom stereocenters. The van der Waals surface area contributed by atoms with Crippen molar-refractivity contribution in [3.63, 3.8) is 0 Å². The zero-order chi connectivity index (χ0) is 12.3. The van der Waals surface area contributed by atoms with E-state index in [1.165, 1.54) is 16.3 Å². The van der Waals surface area contributed by atoms with Crippen LogP contribution < -0.4 is 10.5 Å². The lowest BCUT2D eigenvalue weighted by atomic mass is 10.0. The summed E-state index contributed by atoms with van der Waals surface area (Å²) in [7, 11) is 3.38. The van der Waals surface area contributed by atoms with Gasteiger partial charge in [0.15, 0.2) is 0 Å². The van der Waals surface area contributed by atoms with Gasteiger partial charge in [-0.25, -0.2) is 0 Å². The number of fused-ring (bicyclic) bond motifs is 1. The average molecular weight is 228 g/mol. The normalized spacial score (nSPS) is 11.8. The average Bonchev–Trinajstić information content (AvgIpc) is 2.38. The molecule has 2 rings (SSSR count). The van der Waals surface area contributed by atoms with Crippen LogP contribution in [0.5, 0.6) is 5.75 Å². The number of nitrogens with two attached hydrogens (primary N) is 1. The quantitative estimate of drug-likeness (QED) is 0.647. The Balaban J connectivity index is 2.54. The van der Waals surface area contributed by atoms with E-state index in [0.717, 1.165) is 5.75 Å². The Morgan fingerprint density at radius 1 is 1.29 bits per heavy atom. The molecule has 0 saturated heterocycles. The molecule has 0 unspecified atom stereocenters. The molecule has 88 valence electrons. The van der Waals surface area contributed by atoms with Crippen LogP contribution in [-0.4, -0.2) is 20.0 Å². The first-order valence-corrected chi connectivity index (χ1v) is 5.51. The summed E-state index contributed by atoms with van der Waals surface area (Å²) in [5.41, 5.74) is 6.96. The molecule has 0 aromatic heterocycles. The minimum Gasteiger partial charge on any atom is -0.497 e. The lowest BCUT2D eigenvalue weighted by Gasteiger charge is -2.08. The topological polar surface area (TPSA) is 47.6 Å². The minimum absolute atomic E-state index is 0.639. The highest BCUT2D eigenvalue weighted by atomic mass is 16.5. The van der Waals surface area contributed by atoms with Gasteiger partial charge >= 0.3 is 0 Å². The summed E-state index contributed by atoms with van der Waals surface area (Å²) in [5, 5.41) is 2.35. The van der Waals surface area contributed by atoms with Gasteiger partial charge in [-0.2, -0.15) is 0 Å². The second-order valence-electron chi connectivity index (χ2n) is 3.90. The predicted octanol–water partition coefficient (Wildman–Crippen LogP) is 2.38. The van der Waals surface area contributed by atoms with E-state index in [0.29, 0.717) is 12.3 Å². The number of rotatable bonds is 3. The summed E-state index contributed by atoms with van der Waals surface area (Å²) in [4.78, 5) is 4.00. The van der Waals surface area contributed by atoms with Gasteiger partial charge in [-0.05, 0) is 28.5 Å². The first kappa shape index (κ1) is 11.5. The molecule has 0 aliphatic rings. The van der Waals surface area contributed by atoms with Crippen LogP contribution >= 0.6 is 0 Å². The first-order chi connectivity index (χ1) is 8.24. The van der Waals surface area contributed by atoms with Crippen molar-refractivity contribution in [2.45, 2.75) is 6.42 Å². The van der Waals surface area contributed by atoms with Gasteiger partial charge in [-0.1, -0.05) is 24.3 Å². The van der Waals surface area contributed by atoms with E-state index in [4.69, 9.17) is 10.5 Å². The molecule has 0 fully saturated rings. The Hall–Kier alpha value is -2.03. The molecule has 0 aliphatic carbocycles. The van der Waals surface area contributed by atoms with Gasteiger partial charge in [-0.3, -0.25) is 4.99 Å². The number of aliphatic imine (C=N–C) groups is 1. The van der Waals surface area contributed by atoms with Crippen LogP contribution in [0.15, 0.2) is 41.4 Å². The van der Waals surface area contributed by atoms with Crippen molar-refractivity contribution in [3.05, 3.63) is 42.0 Å². The van der Waals surface area contributed by atoms with Gasteiger partial charge in [0.05, 0.1) is 12.9 Å². The highest BCUT2D eigenvalue weighted by Crippen LogP contribution is 2.24. The zero-order valence-electron chi connectivity index (χ0n) is 10.1. The molecule has 0 spiro atoms. The van der Waals surface area contributed by atoms with E-state index in [1.54, 1.807) is 14.2 Å². The first-order valence-electron chi connectivity index (χ1n) is 5.51. The highest BCUT2D eigenvalue weighted by Gasteiger charge is 2.04. The minimum atomic E-state index is 0.639. The van der Waals surface area contributed by atoms with Crippen LogP contribution in [0.3, 0.4) is 0 Å². The molecule has 17 heavy (non-hydrogen) atoms. The smallest absolute Gasteiger partial charge is 0.119 e. The molecular weight excluding hydrogens is 212 g/mol. The van der Waals surface area contributed by atoms with Crippen LogP contribution in [0.1, 0.15) is 5.56 Å². The Morgan fingerprint density at radius 2 is 2.12 bits per heavy atom. The van der Waals surface area contributed by atoms with Crippen LogP contribution in [0.25, 0.3) is 10.8 Å². The summed E-state index contributed by atoms with van der Waals surface area (Å²) < 4.78 is 5.25. The standard InChI is InChI=1S/C14H16N2O/c1-16-14(15)8-11-5-3-4-10-6-7-12(17-2)9-13(10)11/h3-7,9H,8H2,1-2H3,(H2,15,16). The number of ether oxygens (including phenoxy) is 1. The molecule has 2 aromatic rings. The van der Waals surface area contributed by atoms with Gasteiger partial charge < -0.3 is 10.5 Å². The predicted molar refractivity (Wildman–Crippen MR) is 71.8 cm³/mol. The van der Waals surface area contributed by atoms with E-state index < -0.39 is 0 Å². The number of methoxy groups -OCH3 is 1. The van der Waals surface area contributed by atoms with Gasteiger partial charge in [-0.15, -0.1) is 0 Å². The highest BCUT2D eigenvalue weighted by molar-refractivity contribution is 5.92. The fraction of sp³-hybridized carbons (Fsp3) is 0.214. The SMILES string of the molecule is CN=C(N)Cc1cccc2ccc(OC)cc12. The van der Waals surface area contributed by atoms with Gasteiger partial charge in [0.25, 0.3) is 0 Å². The monoisotopic (exact) mass is 228 g/mol. The molecule has 0 saturated carbocycles. The Bertz CT molecular complexity index is 561. The number of amidine groups is 1. The van der Waals surface area contributed by atoms with Crippen molar-refractivity contribution in [1.82, 2.24) is 0 Å². The molecule has 2 aromatic carbocycles. The van der Waals surface area contributed by atoms with Gasteiger partial charge in [0.2, 0.25) is 0 Å². The second kappa shape index (κ2) is 4.87.